The van der Waals surface area contributed by atoms with E-state index >= 15 is 0 Å². The van der Waals surface area contributed by atoms with Gasteiger partial charge in [-0.25, -0.2) is 0 Å². The van der Waals surface area contributed by atoms with Crippen LogP contribution in [0.1, 0.15) is 33.5 Å². The van der Waals surface area contributed by atoms with Gasteiger partial charge in [0.15, 0.2) is 0 Å². The normalized spacial score (nSPS) is 14.8. The van der Waals surface area contributed by atoms with Crippen LogP contribution >= 0.6 is 11.6 Å². The lowest BCUT2D eigenvalue weighted by Crippen LogP contribution is -2.30. The Labute approximate surface area is 196 Å². The van der Waals surface area contributed by atoms with Gasteiger partial charge in [0.05, 0.1) is 11.5 Å². The van der Waals surface area contributed by atoms with Crippen LogP contribution in [0.2, 0.25) is 5.02 Å². The minimum Gasteiger partial charge on any atom is -0.304 e. The van der Waals surface area contributed by atoms with Gasteiger partial charge in [-0.1, -0.05) is 66.2 Å². The summed E-state index contributed by atoms with van der Waals surface area (Å²) >= 11 is 6.64. The quantitative estimate of drug-likeness (QED) is 0.333. The van der Waals surface area contributed by atoms with Gasteiger partial charge < -0.3 is 4.90 Å². The summed E-state index contributed by atoms with van der Waals surface area (Å²) < 4.78 is 0. The lowest BCUT2D eigenvalue weighted by atomic mass is 9.87. The number of carbonyl (C=O) groups is 1. The van der Waals surface area contributed by atoms with Gasteiger partial charge >= 0.3 is 0 Å². The van der Waals surface area contributed by atoms with E-state index in [1.54, 1.807) is 4.90 Å². The van der Waals surface area contributed by atoms with Crippen molar-refractivity contribution in [2.45, 2.75) is 13.0 Å². The molecule has 0 saturated heterocycles. The number of benzene rings is 3. The van der Waals surface area contributed by atoms with Crippen LogP contribution in [-0.4, -0.2) is 15.7 Å². The Hall–Kier alpha value is -3.96. The zero-order valence-corrected chi connectivity index (χ0v) is 18.3. The molecule has 33 heavy (non-hydrogen) atoms. The molecule has 1 amide bonds. The van der Waals surface area contributed by atoms with Crippen LogP contribution in [0.4, 0.5) is 5.69 Å². The minimum absolute atomic E-state index is 0.0471. The van der Waals surface area contributed by atoms with Gasteiger partial charge in [0.1, 0.15) is 0 Å². The molecular weight excluding hydrogens is 436 g/mol. The Balaban J connectivity index is 1.69. The van der Waals surface area contributed by atoms with Crippen molar-refractivity contribution in [3.8, 4) is 0 Å². The topological polar surface area (TPSA) is 63.4 Å². The third-order valence-corrected chi connectivity index (χ3v) is 6.27. The molecule has 0 bridgehead atoms. The Bertz CT molecular complexity index is 1370. The highest BCUT2D eigenvalue weighted by Gasteiger charge is 2.31. The SMILES string of the molecule is O=C(c1ccc([N+](=O)[O-])cc1)N1Cc2ccccc2C(c2ccccc2Cl)=C2CC=CC=C21. The van der Waals surface area contributed by atoms with E-state index in [4.69, 9.17) is 11.6 Å². The Morgan fingerprint density at radius 3 is 2.36 bits per heavy atom. The fraction of sp³-hybridized carbons (Fsp3) is 0.0741. The summed E-state index contributed by atoms with van der Waals surface area (Å²) in [6.07, 6.45) is 6.63. The number of amides is 1. The highest BCUT2D eigenvalue weighted by molar-refractivity contribution is 6.32. The first-order valence-corrected chi connectivity index (χ1v) is 10.9. The first kappa shape index (κ1) is 20.9. The number of rotatable bonds is 3. The molecule has 0 spiro atoms. The maximum atomic E-state index is 13.7. The van der Waals surface area contributed by atoms with E-state index in [9.17, 15) is 14.9 Å². The van der Waals surface area contributed by atoms with E-state index in [0.717, 1.165) is 33.5 Å². The van der Waals surface area contributed by atoms with Crippen molar-refractivity contribution in [3.05, 3.63) is 140 Å². The molecule has 0 aromatic heterocycles. The third-order valence-electron chi connectivity index (χ3n) is 5.94. The van der Waals surface area contributed by atoms with Crippen LogP contribution in [-0.2, 0) is 6.54 Å². The zero-order valence-electron chi connectivity index (χ0n) is 17.6. The molecule has 3 aromatic rings. The van der Waals surface area contributed by atoms with Gasteiger partial charge in [-0.15, -0.1) is 0 Å². The van der Waals surface area contributed by atoms with Crippen molar-refractivity contribution in [3.63, 3.8) is 0 Å². The van der Waals surface area contributed by atoms with E-state index in [-0.39, 0.29) is 11.6 Å². The molecule has 0 unspecified atom stereocenters. The summed E-state index contributed by atoms with van der Waals surface area (Å²) in [6.45, 7) is 0.378. The molecule has 0 saturated carbocycles. The molecule has 2 aliphatic rings. The molecule has 1 aliphatic heterocycles. The standard InChI is InChI=1S/C27H19ClN2O3/c28-24-11-5-3-9-22(24)26-21-8-2-1-7-19(21)17-29(25-12-6-4-10-23(25)26)27(31)18-13-15-20(16-14-18)30(32)33/h1-9,11-16H,10,17H2. The maximum Gasteiger partial charge on any atom is 0.269 e. The average molecular weight is 455 g/mol. The monoisotopic (exact) mass is 454 g/mol. The smallest absolute Gasteiger partial charge is 0.269 e. The fourth-order valence-corrected chi connectivity index (χ4v) is 4.62. The van der Waals surface area contributed by atoms with Crippen LogP contribution in [0.25, 0.3) is 5.57 Å². The molecule has 0 N–H and O–H groups in total. The second-order valence-corrected chi connectivity index (χ2v) is 8.28. The minimum atomic E-state index is -0.471. The van der Waals surface area contributed by atoms with Crippen LogP contribution < -0.4 is 0 Å². The third kappa shape index (κ3) is 3.77. The van der Waals surface area contributed by atoms with Crippen molar-refractivity contribution in [1.29, 1.82) is 0 Å². The average Bonchev–Trinajstić information content (AvgIpc) is 2.99. The number of allylic oxidation sites excluding steroid dienone is 4. The van der Waals surface area contributed by atoms with Crippen LogP contribution in [0.5, 0.6) is 0 Å². The number of fused-ring (bicyclic) bond motifs is 2. The van der Waals surface area contributed by atoms with E-state index in [2.05, 4.69) is 12.1 Å². The van der Waals surface area contributed by atoms with Gasteiger partial charge in [-0.05, 0) is 53.0 Å². The van der Waals surface area contributed by atoms with Crippen molar-refractivity contribution >= 4 is 28.8 Å². The molecule has 0 fully saturated rings. The van der Waals surface area contributed by atoms with E-state index < -0.39 is 4.92 Å². The van der Waals surface area contributed by atoms with Crippen molar-refractivity contribution in [2.75, 3.05) is 0 Å². The molecular formula is C27H19ClN2O3. The second-order valence-electron chi connectivity index (χ2n) is 7.87. The number of hydrogen-bond donors (Lipinski definition) is 0. The summed E-state index contributed by atoms with van der Waals surface area (Å²) in [4.78, 5) is 26.0. The number of hydrogen-bond acceptors (Lipinski definition) is 3. The second kappa shape index (κ2) is 8.52. The number of nitro benzene ring substituents is 1. The largest absolute Gasteiger partial charge is 0.304 e. The predicted molar refractivity (Wildman–Crippen MR) is 129 cm³/mol. The molecule has 1 aliphatic carbocycles. The molecule has 0 atom stereocenters. The molecule has 5 rings (SSSR count). The maximum absolute atomic E-state index is 13.7. The van der Waals surface area contributed by atoms with Crippen molar-refractivity contribution in [1.82, 2.24) is 4.90 Å². The predicted octanol–water partition coefficient (Wildman–Crippen LogP) is 6.55. The summed E-state index contributed by atoms with van der Waals surface area (Å²) in [5.41, 5.74) is 6.17. The van der Waals surface area contributed by atoms with Crippen LogP contribution in [0, 0.1) is 10.1 Å². The highest BCUT2D eigenvalue weighted by atomic mass is 35.5. The van der Waals surface area contributed by atoms with E-state index in [1.165, 1.54) is 24.3 Å². The Morgan fingerprint density at radius 2 is 1.64 bits per heavy atom. The molecule has 6 heteroatoms. The summed E-state index contributed by atoms with van der Waals surface area (Å²) in [5.74, 6) is -0.209. The summed E-state index contributed by atoms with van der Waals surface area (Å²) in [5, 5.41) is 11.7. The number of halogens is 1. The van der Waals surface area contributed by atoms with Gasteiger partial charge in [-0.2, -0.15) is 0 Å². The molecule has 0 radical (unpaired) electrons. The summed E-state index contributed by atoms with van der Waals surface area (Å²) in [6, 6.07) is 21.5. The Morgan fingerprint density at radius 1 is 0.939 bits per heavy atom. The van der Waals surface area contributed by atoms with Crippen molar-refractivity contribution < 1.29 is 9.72 Å². The van der Waals surface area contributed by atoms with Crippen LogP contribution in [0.15, 0.2) is 102 Å². The number of nitrogens with zero attached hydrogens (tertiary/aromatic N) is 2. The van der Waals surface area contributed by atoms with E-state index in [1.807, 2.05) is 54.6 Å². The lowest BCUT2D eigenvalue weighted by molar-refractivity contribution is -0.384. The van der Waals surface area contributed by atoms with Crippen molar-refractivity contribution in [2.24, 2.45) is 0 Å². The zero-order chi connectivity index (χ0) is 22.9. The van der Waals surface area contributed by atoms with E-state index in [0.29, 0.717) is 23.6 Å². The van der Waals surface area contributed by atoms with Gasteiger partial charge in [0, 0.05) is 34.0 Å². The van der Waals surface area contributed by atoms with Gasteiger partial charge in [0.2, 0.25) is 0 Å². The molecule has 5 nitrogen and oxygen atoms in total. The fourth-order valence-electron chi connectivity index (χ4n) is 4.39. The first-order chi connectivity index (χ1) is 16.0. The number of carbonyl (C=O) groups excluding carboxylic acids is 1. The summed E-state index contributed by atoms with van der Waals surface area (Å²) in [7, 11) is 0. The molecule has 3 aromatic carbocycles. The Kier molecular flexibility index (Phi) is 5.40. The van der Waals surface area contributed by atoms with Gasteiger partial charge in [0.25, 0.3) is 11.6 Å². The number of non-ortho nitro benzene ring substituents is 1. The molecule has 162 valence electrons. The first-order valence-electron chi connectivity index (χ1n) is 10.5. The molecule has 1 heterocycles. The van der Waals surface area contributed by atoms with Gasteiger partial charge in [-0.3, -0.25) is 14.9 Å². The lowest BCUT2D eigenvalue weighted by Gasteiger charge is -2.27. The number of nitro groups is 1. The van der Waals surface area contributed by atoms with Crippen LogP contribution in [0.3, 0.4) is 0 Å². The highest BCUT2D eigenvalue weighted by Crippen LogP contribution is 2.42.